The normalized spacial score (nSPS) is 11.4. The van der Waals surface area contributed by atoms with Gasteiger partial charge in [-0.3, -0.25) is 19.7 Å². The van der Waals surface area contributed by atoms with Gasteiger partial charge < -0.3 is 4.74 Å². The quantitative estimate of drug-likeness (QED) is 0.386. The number of halogens is 3. The summed E-state index contributed by atoms with van der Waals surface area (Å²) in [6, 6.07) is 10.7. The number of hydrogen-bond acceptors (Lipinski definition) is 9. The summed E-state index contributed by atoms with van der Waals surface area (Å²) in [4.78, 5) is 16.3. The minimum Gasteiger partial charge on any atom is -0.497 e. The van der Waals surface area contributed by atoms with Gasteiger partial charge in [0, 0.05) is 23.6 Å². The maximum absolute atomic E-state index is 12.7. The molecule has 0 saturated heterocycles. The number of amides is 1. The fourth-order valence-corrected chi connectivity index (χ4v) is 4.07. The summed E-state index contributed by atoms with van der Waals surface area (Å²) in [5.41, 5.74) is 1.49. The van der Waals surface area contributed by atoms with Crippen LogP contribution in [0.25, 0.3) is 17.1 Å². The van der Waals surface area contributed by atoms with Crippen LogP contribution >= 0.6 is 23.1 Å². The van der Waals surface area contributed by atoms with Crippen LogP contribution in [0, 0.1) is 0 Å². The lowest BCUT2D eigenvalue weighted by molar-refractivity contribution is -0.138. The number of alkyl halides is 3. The summed E-state index contributed by atoms with van der Waals surface area (Å²) in [5, 5.41) is 16.2. The van der Waals surface area contributed by atoms with Gasteiger partial charge in [0.1, 0.15) is 5.75 Å². The molecule has 0 aliphatic carbocycles. The molecule has 1 amide bonds. The maximum Gasteiger partial charge on any atom is 0.445 e. The molecule has 0 unspecified atom stereocenters. The molecule has 0 spiro atoms. The first-order chi connectivity index (χ1) is 15.8. The van der Waals surface area contributed by atoms with Crippen molar-refractivity contribution in [3.05, 3.63) is 53.8 Å². The van der Waals surface area contributed by atoms with Crippen LogP contribution in [0.5, 0.6) is 5.75 Å². The summed E-state index contributed by atoms with van der Waals surface area (Å²) in [6.07, 6.45) is -1.37. The van der Waals surface area contributed by atoms with Crippen LogP contribution in [-0.4, -0.2) is 48.7 Å². The third kappa shape index (κ3) is 5.28. The average Bonchev–Trinajstić information content (AvgIpc) is 3.45. The van der Waals surface area contributed by atoms with Crippen LogP contribution in [0.15, 0.2) is 53.9 Å². The first-order valence-electron chi connectivity index (χ1n) is 9.19. The second-order valence-electron chi connectivity index (χ2n) is 6.32. The van der Waals surface area contributed by atoms with E-state index in [1.807, 2.05) is 12.1 Å². The number of carbonyl (C=O) groups is 1. The molecule has 33 heavy (non-hydrogen) atoms. The van der Waals surface area contributed by atoms with Gasteiger partial charge in [0.25, 0.3) is 0 Å². The van der Waals surface area contributed by atoms with Crippen molar-refractivity contribution in [3.63, 3.8) is 0 Å². The van der Waals surface area contributed by atoms with E-state index in [-0.39, 0.29) is 22.2 Å². The van der Waals surface area contributed by atoms with Gasteiger partial charge >= 0.3 is 6.18 Å². The molecule has 3 aromatic heterocycles. The van der Waals surface area contributed by atoms with Crippen molar-refractivity contribution in [1.82, 2.24) is 29.9 Å². The van der Waals surface area contributed by atoms with Crippen molar-refractivity contribution in [2.75, 3.05) is 18.2 Å². The second kappa shape index (κ2) is 9.54. The Balaban J connectivity index is 1.55. The van der Waals surface area contributed by atoms with Crippen molar-refractivity contribution in [3.8, 4) is 22.8 Å². The lowest BCUT2D eigenvalue weighted by Gasteiger charge is -2.11. The van der Waals surface area contributed by atoms with E-state index in [0.29, 0.717) is 16.7 Å². The Kier molecular flexibility index (Phi) is 6.55. The highest BCUT2D eigenvalue weighted by Gasteiger charge is 2.35. The fraction of sp³-hybridized carbons (Fsp3) is 0.158. The van der Waals surface area contributed by atoms with E-state index in [0.717, 1.165) is 23.0 Å². The van der Waals surface area contributed by atoms with Gasteiger partial charge in [-0.05, 0) is 36.4 Å². The Morgan fingerprint density at radius 1 is 1.09 bits per heavy atom. The molecule has 0 aliphatic heterocycles. The van der Waals surface area contributed by atoms with Crippen molar-refractivity contribution < 1.29 is 22.7 Å². The molecule has 3 heterocycles. The highest BCUT2D eigenvalue weighted by molar-refractivity contribution is 7.99. The molecule has 14 heteroatoms. The molecule has 0 saturated carbocycles. The third-order valence-corrected chi connectivity index (χ3v) is 5.96. The predicted octanol–water partition coefficient (Wildman–Crippen LogP) is 3.94. The third-order valence-electron chi connectivity index (χ3n) is 4.15. The molecule has 170 valence electrons. The number of methoxy groups -OCH3 is 1. The monoisotopic (exact) mass is 493 g/mol. The first-order valence-corrected chi connectivity index (χ1v) is 11.0. The molecule has 1 N–H and O–H groups in total. The second-order valence-corrected chi connectivity index (χ2v) is 8.24. The number of nitrogens with one attached hydrogen (secondary N) is 1. The first kappa shape index (κ1) is 22.7. The standard InChI is InChI=1S/C19H14F3N7O2S2/c1-31-13-4-2-12(3-5-13)29-15(11-6-8-23-9-7-11)25-28-18(29)32-10-14(30)24-17-27-26-16(33-17)19(20,21)22/h2-9H,10H2,1H3,(H,24,27,30). The van der Waals surface area contributed by atoms with E-state index in [4.69, 9.17) is 4.74 Å². The minimum atomic E-state index is -4.62. The zero-order valence-electron chi connectivity index (χ0n) is 16.8. The van der Waals surface area contributed by atoms with Gasteiger partial charge in [0.2, 0.25) is 16.0 Å². The molecule has 0 radical (unpaired) electrons. The summed E-state index contributed by atoms with van der Waals surface area (Å²) < 4.78 is 45.0. The van der Waals surface area contributed by atoms with Crippen LogP contribution in [0.1, 0.15) is 5.01 Å². The number of anilines is 1. The Labute approximate surface area is 193 Å². The number of aromatic nitrogens is 6. The van der Waals surface area contributed by atoms with Crippen LogP contribution < -0.4 is 10.1 Å². The molecule has 0 aliphatic rings. The molecular formula is C19H14F3N7O2S2. The minimum absolute atomic E-state index is 0.133. The molecule has 0 fully saturated rings. The van der Waals surface area contributed by atoms with E-state index >= 15 is 0 Å². The fourth-order valence-electron chi connectivity index (χ4n) is 2.69. The SMILES string of the molecule is COc1ccc(-n2c(SCC(=O)Nc3nnc(C(F)(F)F)s3)nnc2-c2ccncc2)cc1. The van der Waals surface area contributed by atoms with E-state index in [9.17, 15) is 18.0 Å². The number of carbonyl (C=O) groups excluding carboxylic acids is 1. The van der Waals surface area contributed by atoms with E-state index in [2.05, 4.69) is 30.7 Å². The topological polar surface area (TPSA) is 108 Å². The lowest BCUT2D eigenvalue weighted by Crippen LogP contribution is -2.14. The smallest absolute Gasteiger partial charge is 0.445 e. The highest BCUT2D eigenvalue weighted by atomic mass is 32.2. The molecule has 1 aromatic carbocycles. The van der Waals surface area contributed by atoms with E-state index in [1.54, 1.807) is 48.3 Å². The number of benzene rings is 1. The Morgan fingerprint density at radius 3 is 2.45 bits per heavy atom. The van der Waals surface area contributed by atoms with Crippen LogP contribution in [0.2, 0.25) is 0 Å². The lowest BCUT2D eigenvalue weighted by atomic mass is 10.2. The number of thioether (sulfide) groups is 1. The van der Waals surface area contributed by atoms with Crippen molar-refractivity contribution in [2.45, 2.75) is 11.3 Å². The van der Waals surface area contributed by atoms with Gasteiger partial charge in [-0.25, -0.2) is 0 Å². The van der Waals surface area contributed by atoms with Crippen LogP contribution in [0.3, 0.4) is 0 Å². The van der Waals surface area contributed by atoms with Crippen molar-refractivity contribution in [2.24, 2.45) is 0 Å². The largest absolute Gasteiger partial charge is 0.497 e. The number of rotatable bonds is 7. The number of nitrogens with zero attached hydrogens (tertiary/aromatic N) is 6. The number of hydrogen-bond donors (Lipinski definition) is 1. The van der Waals surface area contributed by atoms with Gasteiger partial charge in [0.15, 0.2) is 11.0 Å². The maximum atomic E-state index is 12.7. The van der Waals surface area contributed by atoms with Gasteiger partial charge in [-0.1, -0.05) is 23.1 Å². The highest BCUT2D eigenvalue weighted by Crippen LogP contribution is 2.33. The van der Waals surface area contributed by atoms with Gasteiger partial charge in [0.05, 0.1) is 12.9 Å². The molecule has 4 aromatic rings. The summed E-state index contributed by atoms with van der Waals surface area (Å²) >= 11 is 1.33. The van der Waals surface area contributed by atoms with Gasteiger partial charge in [-0.15, -0.1) is 20.4 Å². The average molecular weight is 493 g/mol. The van der Waals surface area contributed by atoms with Crippen LogP contribution in [0.4, 0.5) is 18.3 Å². The predicted molar refractivity (Wildman–Crippen MR) is 115 cm³/mol. The Morgan fingerprint density at radius 2 is 1.82 bits per heavy atom. The van der Waals surface area contributed by atoms with E-state index in [1.165, 1.54) is 0 Å². The molecule has 0 atom stereocenters. The molecular weight excluding hydrogens is 479 g/mol. The summed E-state index contributed by atoms with van der Waals surface area (Å²) in [6.45, 7) is 0. The number of ether oxygens (including phenoxy) is 1. The molecule has 0 bridgehead atoms. The zero-order chi connectivity index (χ0) is 23.4. The van der Waals surface area contributed by atoms with Crippen LogP contribution in [-0.2, 0) is 11.0 Å². The zero-order valence-corrected chi connectivity index (χ0v) is 18.4. The Hall–Kier alpha value is -3.52. The van der Waals surface area contributed by atoms with Crippen molar-refractivity contribution >= 4 is 34.1 Å². The van der Waals surface area contributed by atoms with E-state index < -0.39 is 17.1 Å². The number of pyridine rings is 1. The summed E-state index contributed by atoms with van der Waals surface area (Å²) in [7, 11) is 1.56. The molecule has 4 rings (SSSR count). The molecule has 9 nitrogen and oxygen atoms in total. The Bertz CT molecular complexity index is 1240. The van der Waals surface area contributed by atoms with Gasteiger partial charge in [-0.2, -0.15) is 13.2 Å². The summed E-state index contributed by atoms with van der Waals surface area (Å²) in [5.74, 6) is 0.510. The van der Waals surface area contributed by atoms with Crippen molar-refractivity contribution in [1.29, 1.82) is 0 Å².